The topological polar surface area (TPSA) is 49.4 Å². The lowest BCUT2D eigenvalue weighted by Gasteiger charge is -2.18. The molecule has 2 amide bonds. The summed E-state index contributed by atoms with van der Waals surface area (Å²) in [6.45, 7) is 0.173. The largest absolute Gasteiger partial charge is 0.367 e. The number of amides is 2. The molecule has 2 atom stereocenters. The standard InChI is InChI=1S/C21H19ClN2O2/c22-15-10-11-17-18(12-15)21(26)24(20(17)25)13-23-19-9-5-4-8-16(19)14-6-2-1-3-7-14/h1-10,17-18,23H,11-13H2. The highest BCUT2D eigenvalue weighted by Crippen LogP contribution is 2.39. The van der Waals surface area contributed by atoms with E-state index in [-0.39, 0.29) is 30.3 Å². The van der Waals surface area contributed by atoms with Crippen LogP contribution in [0, 0.1) is 11.8 Å². The average Bonchev–Trinajstić information content (AvgIpc) is 2.91. The van der Waals surface area contributed by atoms with Crippen molar-refractivity contribution in [3.8, 4) is 11.1 Å². The number of hydrogen-bond donors (Lipinski definition) is 1. The Morgan fingerprint density at radius 1 is 0.962 bits per heavy atom. The highest BCUT2D eigenvalue weighted by Gasteiger charge is 2.48. The molecule has 1 N–H and O–H groups in total. The molecule has 1 heterocycles. The number of imide groups is 1. The number of carbonyl (C=O) groups is 2. The minimum atomic E-state index is -0.314. The van der Waals surface area contributed by atoms with Gasteiger partial charge in [-0.15, -0.1) is 0 Å². The van der Waals surface area contributed by atoms with Crippen molar-refractivity contribution in [1.82, 2.24) is 4.90 Å². The Bertz CT molecular complexity index is 879. The summed E-state index contributed by atoms with van der Waals surface area (Å²) in [5.41, 5.74) is 3.01. The normalized spacial score (nSPS) is 22.2. The first-order valence-electron chi connectivity index (χ1n) is 8.73. The number of likely N-dealkylation sites (tertiary alicyclic amines) is 1. The van der Waals surface area contributed by atoms with E-state index >= 15 is 0 Å². The van der Waals surface area contributed by atoms with Gasteiger partial charge in [0.15, 0.2) is 0 Å². The summed E-state index contributed by atoms with van der Waals surface area (Å²) in [5.74, 6) is -0.816. The number of nitrogens with one attached hydrogen (secondary N) is 1. The predicted octanol–water partition coefficient (Wildman–Crippen LogP) is 4.24. The first kappa shape index (κ1) is 16.9. The Hall–Kier alpha value is -2.59. The summed E-state index contributed by atoms with van der Waals surface area (Å²) < 4.78 is 0. The van der Waals surface area contributed by atoms with Crippen LogP contribution in [0.5, 0.6) is 0 Å². The SMILES string of the molecule is O=C1C2CC=C(Cl)CC2C(=O)N1CNc1ccccc1-c1ccccc1. The van der Waals surface area contributed by atoms with Crippen LogP contribution in [-0.2, 0) is 9.59 Å². The van der Waals surface area contributed by atoms with Gasteiger partial charge < -0.3 is 5.32 Å². The lowest BCUT2D eigenvalue weighted by atomic mass is 9.85. The van der Waals surface area contributed by atoms with Gasteiger partial charge in [0.25, 0.3) is 0 Å². The van der Waals surface area contributed by atoms with Crippen LogP contribution in [0.3, 0.4) is 0 Å². The first-order chi connectivity index (χ1) is 12.6. The molecule has 2 aromatic carbocycles. The molecule has 0 radical (unpaired) electrons. The van der Waals surface area contributed by atoms with Crippen LogP contribution < -0.4 is 5.32 Å². The number of halogens is 1. The second-order valence-electron chi connectivity index (χ2n) is 6.65. The van der Waals surface area contributed by atoms with Crippen molar-refractivity contribution >= 4 is 29.1 Å². The number of fused-ring (bicyclic) bond motifs is 1. The summed E-state index contributed by atoms with van der Waals surface area (Å²) >= 11 is 6.07. The number of carbonyl (C=O) groups excluding carboxylic acids is 2. The number of anilines is 1. The summed E-state index contributed by atoms with van der Waals surface area (Å²) in [7, 11) is 0. The lowest BCUT2D eigenvalue weighted by molar-refractivity contribution is -0.139. The van der Waals surface area contributed by atoms with Crippen LogP contribution in [0.15, 0.2) is 65.7 Å². The molecule has 1 aliphatic heterocycles. The number of nitrogens with zero attached hydrogens (tertiary/aromatic N) is 1. The summed E-state index contributed by atoms with van der Waals surface area (Å²) in [6.07, 6.45) is 2.87. The van der Waals surface area contributed by atoms with E-state index in [0.717, 1.165) is 16.8 Å². The van der Waals surface area contributed by atoms with Crippen LogP contribution in [0.1, 0.15) is 12.8 Å². The maximum Gasteiger partial charge on any atom is 0.234 e. The van der Waals surface area contributed by atoms with Gasteiger partial charge in [-0.25, -0.2) is 0 Å². The molecule has 5 heteroatoms. The summed E-state index contributed by atoms with van der Waals surface area (Å²) in [4.78, 5) is 26.6. The molecule has 1 aliphatic carbocycles. The lowest BCUT2D eigenvalue weighted by Crippen LogP contribution is -2.35. The van der Waals surface area contributed by atoms with Crippen LogP contribution in [0.4, 0.5) is 5.69 Å². The van der Waals surface area contributed by atoms with Crippen molar-refractivity contribution in [1.29, 1.82) is 0 Å². The van der Waals surface area contributed by atoms with Gasteiger partial charge in [-0.3, -0.25) is 14.5 Å². The molecule has 0 aromatic heterocycles. The second kappa shape index (κ2) is 6.96. The van der Waals surface area contributed by atoms with Gasteiger partial charge >= 0.3 is 0 Å². The van der Waals surface area contributed by atoms with E-state index in [4.69, 9.17) is 11.6 Å². The van der Waals surface area contributed by atoms with E-state index in [1.807, 2.05) is 60.7 Å². The quantitative estimate of drug-likeness (QED) is 0.823. The fourth-order valence-electron chi connectivity index (χ4n) is 3.72. The molecule has 1 fully saturated rings. The van der Waals surface area contributed by atoms with Gasteiger partial charge in [0, 0.05) is 16.3 Å². The molecule has 2 unspecified atom stereocenters. The zero-order valence-electron chi connectivity index (χ0n) is 14.2. The smallest absolute Gasteiger partial charge is 0.234 e. The molecule has 0 spiro atoms. The minimum absolute atomic E-state index is 0.106. The number of allylic oxidation sites excluding steroid dienone is 2. The van der Waals surface area contributed by atoms with Gasteiger partial charge in [0.1, 0.15) is 0 Å². The van der Waals surface area contributed by atoms with Crippen molar-refractivity contribution in [3.05, 3.63) is 65.7 Å². The number of benzene rings is 2. The molecule has 2 aliphatic rings. The van der Waals surface area contributed by atoms with Crippen LogP contribution in [-0.4, -0.2) is 23.4 Å². The Morgan fingerprint density at radius 2 is 1.65 bits per heavy atom. The van der Waals surface area contributed by atoms with Crippen molar-refractivity contribution in [2.75, 3.05) is 12.0 Å². The minimum Gasteiger partial charge on any atom is -0.367 e. The molecular weight excluding hydrogens is 348 g/mol. The maximum atomic E-state index is 12.7. The van der Waals surface area contributed by atoms with Gasteiger partial charge in [-0.2, -0.15) is 0 Å². The highest BCUT2D eigenvalue weighted by molar-refractivity contribution is 6.30. The monoisotopic (exact) mass is 366 g/mol. The van der Waals surface area contributed by atoms with Crippen molar-refractivity contribution < 1.29 is 9.59 Å². The predicted molar refractivity (Wildman–Crippen MR) is 102 cm³/mol. The summed E-state index contributed by atoms with van der Waals surface area (Å²) in [6, 6.07) is 17.9. The zero-order valence-corrected chi connectivity index (χ0v) is 14.9. The molecule has 26 heavy (non-hydrogen) atoms. The van der Waals surface area contributed by atoms with Gasteiger partial charge in [0.2, 0.25) is 11.8 Å². The third-order valence-electron chi connectivity index (χ3n) is 5.10. The summed E-state index contributed by atoms with van der Waals surface area (Å²) in [5, 5.41) is 3.95. The third kappa shape index (κ3) is 3.01. The van der Waals surface area contributed by atoms with Crippen LogP contribution in [0.25, 0.3) is 11.1 Å². The maximum absolute atomic E-state index is 12.7. The van der Waals surface area contributed by atoms with E-state index in [1.54, 1.807) is 0 Å². The Kier molecular flexibility index (Phi) is 4.51. The van der Waals surface area contributed by atoms with E-state index < -0.39 is 0 Å². The number of para-hydroxylation sites is 1. The first-order valence-corrected chi connectivity index (χ1v) is 9.11. The molecule has 1 saturated heterocycles. The van der Waals surface area contributed by atoms with E-state index in [0.29, 0.717) is 17.9 Å². The fourth-order valence-corrected chi connectivity index (χ4v) is 3.98. The highest BCUT2D eigenvalue weighted by atomic mass is 35.5. The van der Waals surface area contributed by atoms with E-state index in [9.17, 15) is 9.59 Å². The third-order valence-corrected chi connectivity index (χ3v) is 5.41. The second-order valence-corrected chi connectivity index (χ2v) is 7.14. The number of hydrogen-bond acceptors (Lipinski definition) is 3. The van der Waals surface area contributed by atoms with E-state index in [2.05, 4.69) is 5.32 Å². The van der Waals surface area contributed by atoms with Gasteiger partial charge in [0.05, 0.1) is 18.5 Å². The van der Waals surface area contributed by atoms with Crippen molar-refractivity contribution in [3.63, 3.8) is 0 Å². The Morgan fingerprint density at radius 3 is 2.46 bits per heavy atom. The van der Waals surface area contributed by atoms with Gasteiger partial charge in [-0.1, -0.05) is 66.2 Å². The molecule has 0 bridgehead atoms. The Labute approximate surface area is 157 Å². The van der Waals surface area contributed by atoms with Crippen LogP contribution in [0.2, 0.25) is 0 Å². The Balaban J connectivity index is 1.52. The molecule has 132 valence electrons. The molecule has 4 nitrogen and oxygen atoms in total. The molecule has 0 saturated carbocycles. The van der Waals surface area contributed by atoms with Crippen molar-refractivity contribution in [2.24, 2.45) is 11.8 Å². The van der Waals surface area contributed by atoms with Crippen LogP contribution >= 0.6 is 11.6 Å². The van der Waals surface area contributed by atoms with Crippen molar-refractivity contribution in [2.45, 2.75) is 12.8 Å². The molecule has 4 rings (SSSR count). The van der Waals surface area contributed by atoms with Gasteiger partial charge in [-0.05, 0) is 24.5 Å². The zero-order chi connectivity index (χ0) is 18.1. The van der Waals surface area contributed by atoms with E-state index in [1.165, 1.54) is 4.90 Å². The number of rotatable bonds is 4. The molecular formula is C21H19ClN2O2. The average molecular weight is 367 g/mol. The molecule has 2 aromatic rings. The fraction of sp³-hybridized carbons (Fsp3) is 0.238.